The van der Waals surface area contributed by atoms with Gasteiger partial charge in [-0.05, 0) is 26.0 Å². The summed E-state index contributed by atoms with van der Waals surface area (Å²) >= 11 is 7.38. The number of nitro groups is 1. The van der Waals surface area contributed by atoms with Gasteiger partial charge in [0.15, 0.2) is 22.9 Å². The summed E-state index contributed by atoms with van der Waals surface area (Å²) in [4.78, 5) is 22.9. The highest BCUT2D eigenvalue weighted by Crippen LogP contribution is 2.29. The van der Waals surface area contributed by atoms with Crippen molar-refractivity contribution >= 4 is 34.8 Å². The van der Waals surface area contributed by atoms with Crippen LogP contribution in [-0.2, 0) is 6.54 Å². The summed E-state index contributed by atoms with van der Waals surface area (Å²) in [5, 5.41) is 20.4. The van der Waals surface area contributed by atoms with E-state index in [0.29, 0.717) is 28.3 Å². The van der Waals surface area contributed by atoms with Gasteiger partial charge in [-0.3, -0.25) is 14.9 Å². The van der Waals surface area contributed by atoms with E-state index in [2.05, 4.69) is 10.2 Å². The monoisotopic (exact) mass is 446 g/mol. The fourth-order valence-corrected chi connectivity index (χ4v) is 3.88. The summed E-state index contributed by atoms with van der Waals surface area (Å²) < 4.78 is 7.79. The summed E-state index contributed by atoms with van der Waals surface area (Å²) in [7, 11) is 0. The lowest BCUT2D eigenvalue weighted by molar-refractivity contribution is -0.384. The number of rotatable bonds is 9. The number of non-ortho nitro benzene ring substituents is 1. The van der Waals surface area contributed by atoms with Crippen molar-refractivity contribution in [1.82, 2.24) is 14.8 Å². The Hall–Kier alpha value is -2.91. The van der Waals surface area contributed by atoms with Crippen LogP contribution in [0.5, 0.6) is 5.75 Å². The lowest BCUT2D eigenvalue weighted by Gasteiger charge is -2.16. The highest BCUT2D eigenvalue weighted by atomic mass is 35.5. The number of nitrogens with zero attached hydrogens (tertiary/aromatic N) is 4. The van der Waals surface area contributed by atoms with E-state index in [1.807, 2.05) is 30.5 Å². The Morgan fingerprint density at radius 3 is 2.73 bits per heavy atom. The van der Waals surface area contributed by atoms with Gasteiger partial charge in [-0.1, -0.05) is 47.6 Å². The second kappa shape index (κ2) is 9.73. The molecule has 156 valence electrons. The number of ether oxygens (including phenoxy) is 1. The first-order valence-corrected chi connectivity index (χ1v) is 10.5. The molecule has 1 heterocycles. The minimum absolute atomic E-state index is 0.0824. The van der Waals surface area contributed by atoms with Crippen molar-refractivity contribution in [2.24, 2.45) is 0 Å². The number of benzene rings is 2. The molecule has 0 aliphatic rings. The van der Waals surface area contributed by atoms with E-state index in [9.17, 15) is 14.9 Å². The molecule has 0 aliphatic carbocycles. The van der Waals surface area contributed by atoms with Crippen molar-refractivity contribution in [3.8, 4) is 5.75 Å². The summed E-state index contributed by atoms with van der Waals surface area (Å²) in [6, 6.07) is 12.9. The zero-order valence-corrected chi connectivity index (χ0v) is 17.9. The molecule has 0 fully saturated rings. The first-order valence-electron chi connectivity index (χ1n) is 9.15. The van der Waals surface area contributed by atoms with Gasteiger partial charge in [-0.2, -0.15) is 0 Å². The zero-order chi connectivity index (χ0) is 21.7. The Labute approximate surface area is 182 Å². The lowest BCUT2D eigenvalue weighted by Crippen LogP contribution is -2.12. The standard InChI is InChI=1S/C20H19ClN4O4S/c1-3-24-19(13(2)29-18-10-5-4-9-16(18)21)22-23-20(24)30-12-17(26)14-7-6-8-15(11-14)25(27)28/h4-11,13H,3,12H2,1-2H3. The molecule has 0 saturated heterocycles. The topological polar surface area (TPSA) is 100 Å². The van der Waals surface area contributed by atoms with Gasteiger partial charge in [0.1, 0.15) is 5.75 Å². The van der Waals surface area contributed by atoms with E-state index >= 15 is 0 Å². The Morgan fingerprint density at radius 1 is 1.27 bits per heavy atom. The predicted octanol–water partition coefficient (Wildman–Crippen LogP) is 4.97. The van der Waals surface area contributed by atoms with Crippen molar-refractivity contribution < 1.29 is 14.5 Å². The van der Waals surface area contributed by atoms with Crippen LogP contribution in [0, 0.1) is 10.1 Å². The SMILES string of the molecule is CCn1c(SCC(=O)c2cccc([N+](=O)[O-])c2)nnc1C(C)Oc1ccccc1Cl. The highest BCUT2D eigenvalue weighted by Gasteiger charge is 2.20. The molecule has 2 aromatic carbocycles. The van der Waals surface area contributed by atoms with E-state index in [-0.39, 0.29) is 22.8 Å². The smallest absolute Gasteiger partial charge is 0.270 e. The van der Waals surface area contributed by atoms with Crippen LogP contribution < -0.4 is 4.74 Å². The molecule has 0 saturated carbocycles. The van der Waals surface area contributed by atoms with Crippen LogP contribution in [0.3, 0.4) is 0 Å². The Bertz CT molecular complexity index is 1070. The highest BCUT2D eigenvalue weighted by molar-refractivity contribution is 7.99. The van der Waals surface area contributed by atoms with E-state index < -0.39 is 11.0 Å². The number of ketones is 1. The van der Waals surface area contributed by atoms with Crippen LogP contribution in [0.1, 0.15) is 36.1 Å². The molecule has 8 nitrogen and oxygen atoms in total. The van der Waals surface area contributed by atoms with Gasteiger partial charge >= 0.3 is 0 Å². The van der Waals surface area contributed by atoms with Gasteiger partial charge in [-0.25, -0.2) is 0 Å². The van der Waals surface area contributed by atoms with Crippen LogP contribution in [0.15, 0.2) is 53.7 Å². The van der Waals surface area contributed by atoms with Gasteiger partial charge in [0.05, 0.1) is 15.7 Å². The van der Waals surface area contributed by atoms with Crippen molar-refractivity contribution in [1.29, 1.82) is 0 Å². The van der Waals surface area contributed by atoms with Crippen molar-refractivity contribution in [2.75, 3.05) is 5.75 Å². The first-order chi connectivity index (χ1) is 14.4. The molecule has 1 aromatic heterocycles. The molecule has 0 bridgehead atoms. The molecule has 0 amide bonds. The molecule has 0 radical (unpaired) electrons. The maximum Gasteiger partial charge on any atom is 0.270 e. The molecule has 0 spiro atoms. The summed E-state index contributed by atoms with van der Waals surface area (Å²) in [6.07, 6.45) is -0.404. The molecule has 1 unspecified atom stereocenters. The minimum Gasteiger partial charge on any atom is -0.481 e. The van der Waals surface area contributed by atoms with Crippen LogP contribution >= 0.6 is 23.4 Å². The van der Waals surface area contributed by atoms with Crippen LogP contribution in [-0.4, -0.2) is 31.2 Å². The minimum atomic E-state index is -0.524. The van der Waals surface area contributed by atoms with E-state index in [1.54, 1.807) is 18.2 Å². The molecule has 1 atom stereocenters. The number of thioether (sulfide) groups is 1. The van der Waals surface area contributed by atoms with Crippen LogP contribution in [0.2, 0.25) is 5.02 Å². The second-order valence-corrected chi connectivity index (χ2v) is 7.64. The van der Waals surface area contributed by atoms with E-state index in [1.165, 1.54) is 30.0 Å². The number of aromatic nitrogens is 3. The van der Waals surface area contributed by atoms with Gasteiger partial charge in [0.2, 0.25) is 0 Å². The largest absolute Gasteiger partial charge is 0.481 e. The number of carbonyl (C=O) groups is 1. The lowest BCUT2D eigenvalue weighted by atomic mass is 10.1. The third-order valence-corrected chi connectivity index (χ3v) is 5.56. The Kier molecular flexibility index (Phi) is 7.07. The van der Waals surface area contributed by atoms with Gasteiger partial charge in [-0.15, -0.1) is 10.2 Å². The number of hydrogen-bond donors (Lipinski definition) is 0. The number of carbonyl (C=O) groups excluding carboxylic acids is 1. The zero-order valence-electron chi connectivity index (χ0n) is 16.3. The Balaban J connectivity index is 1.71. The van der Waals surface area contributed by atoms with Gasteiger partial charge < -0.3 is 9.30 Å². The number of nitro benzene ring substituents is 1. The average molecular weight is 447 g/mol. The average Bonchev–Trinajstić information content (AvgIpc) is 3.16. The Morgan fingerprint density at radius 2 is 2.03 bits per heavy atom. The molecule has 3 rings (SSSR count). The van der Waals surface area contributed by atoms with Crippen molar-refractivity contribution in [2.45, 2.75) is 31.7 Å². The number of Topliss-reactive ketones (excluding diaryl/α,β-unsaturated/α-hetero) is 1. The van der Waals surface area contributed by atoms with Crippen molar-refractivity contribution in [3.05, 3.63) is 75.1 Å². The normalized spacial score (nSPS) is 11.8. The van der Waals surface area contributed by atoms with E-state index in [0.717, 1.165) is 0 Å². The predicted molar refractivity (Wildman–Crippen MR) is 114 cm³/mol. The quantitative estimate of drug-likeness (QED) is 0.198. The van der Waals surface area contributed by atoms with Gasteiger partial charge in [0, 0.05) is 24.2 Å². The van der Waals surface area contributed by atoms with Crippen molar-refractivity contribution in [3.63, 3.8) is 0 Å². The first kappa shape index (κ1) is 21.8. The maximum atomic E-state index is 12.5. The third kappa shape index (κ3) is 4.98. The molecule has 0 aliphatic heterocycles. The summed E-state index contributed by atoms with van der Waals surface area (Å²) in [6.45, 7) is 4.38. The summed E-state index contributed by atoms with van der Waals surface area (Å²) in [5.41, 5.74) is 0.172. The third-order valence-electron chi connectivity index (χ3n) is 4.28. The van der Waals surface area contributed by atoms with Crippen LogP contribution in [0.4, 0.5) is 5.69 Å². The van der Waals surface area contributed by atoms with Gasteiger partial charge in [0.25, 0.3) is 5.69 Å². The molecular formula is C20H19ClN4O4S. The second-order valence-electron chi connectivity index (χ2n) is 6.29. The summed E-state index contributed by atoms with van der Waals surface area (Å²) in [5.74, 6) is 1.02. The molecular weight excluding hydrogens is 428 g/mol. The fourth-order valence-electron chi connectivity index (χ4n) is 2.79. The molecule has 3 aromatic rings. The fraction of sp³-hybridized carbons (Fsp3) is 0.250. The number of hydrogen-bond acceptors (Lipinski definition) is 7. The van der Waals surface area contributed by atoms with Crippen LogP contribution in [0.25, 0.3) is 0 Å². The van der Waals surface area contributed by atoms with E-state index in [4.69, 9.17) is 16.3 Å². The molecule has 30 heavy (non-hydrogen) atoms. The maximum absolute atomic E-state index is 12.5. The number of para-hydroxylation sites is 1. The number of halogens is 1. The molecule has 10 heteroatoms. The molecule has 0 N–H and O–H groups in total.